The second kappa shape index (κ2) is 5.67. The fraction of sp³-hybridized carbons (Fsp3) is 0.417. The Labute approximate surface area is 112 Å². The molecule has 5 heteroatoms. The Hall–Kier alpha value is -0.840. The summed E-state index contributed by atoms with van der Waals surface area (Å²) in [5.41, 5.74) is 0.953. The van der Waals surface area contributed by atoms with E-state index in [0.717, 1.165) is 42.0 Å². The monoisotopic (exact) mass is 270 g/mol. The number of benzene rings is 1. The lowest BCUT2D eigenvalue weighted by molar-refractivity contribution is -0.883. The van der Waals surface area contributed by atoms with Gasteiger partial charge in [-0.3, -0.25) is 0 Å². The molecule has 0 aliphatic carbocycles. The Morgan fingerprint density at radius 3 is 2.76 bits per heavy atom. The van der Waals surface area contributed by atoms with Gasteiger partial charge in [-0.1, -0.05) is 17.7 Å². The standard InChI is InChI=1S/C12H16ClN3S/c1-15-5-7-16(8-6-15)12(17)14-11-4-2-3-10(13)9-11/h2-4,9H,5-8H2,1H3,(H,14,17)/p+1. The number of rotatable bonds is 1. The highest BCUT2D eigenvalue weighted by molar-refractivity contribution is 7.80. The SMILES string of the molecule is C[NH+]1CCN(C(=S)Nc2cccc(Cl)c2)CC1. The van der Waals surface area contributed by atoms with Crippen LogP contribution in [0.3, 0.4) is 0 Å². The predicted octanol–water partition coefficient (Wildman–Crippen LogP) is 0.867. The van der Waals surface area contributed by atoms with Gasteiger partial charge in [0.05, 0.1) is 33.2 Å². The zero-order valence-corrected chi connectivity index (χ0v) is 11.4. The van der Waals surface area contributed by atoms with Crippen LogP contribution in [0.15, 0.2) is 24.3 Å². The van der Waals surface area contributed by atoms with Crippen LogP contribution < -0.4 is 10.2 Å². The minimum absolute atomic E-state index is 0.723. The molecule has 92 valence electrons. The van der Waals surface area contributed by atoms with Gasteiger partial charge in [0.2, 0.25) is 0 Å². The van der Waals surface area contributed by atoms with Gasteiger partial charge in [0.15, 0.2) is 5.11 Å². The van der Waals surface area contributed by atoms with Crippen LogP contribution in [0.4, 0.5) is 5.69 Å². The summed E-state index contributed by atoms with van der Waals surface area (Å²) < 4.78 is 0. The largest absolute Gasteiger partial charge is 0.338 e. The third kappa shape index (κ3) is 3.56. The highest BCUT2D eigenvalue weighted by atomic mass is 35.5. The maximum absolute atomic E-state index is 5.93. The molecule has 0 radical (unpaired) electrons. The molecule has 1 aliphatic rings. The number of anilines is 1. The van der Waals surface area contributed by atoms with Crippen LogP contribution in [0.2, 0.25) is 5.02 Å². The van der Waals surface area contributed by atoms with Gasteiger partial charge in [-0.2, -0.15) is 0 Å². The van der Waals surface area contributed by atoms with E-state index in [4.69, 9.17) is 23.8 Å². The average Bonchev–Trinajstić information content (AvgIpc) is 2.29. The van der Waals surface area contributed by atoms with Crippen molar-refractivity contribution in [3.8, 4) is 0 Å². The quantitative estimate of drug-likeness (QED) is 0.739. The normalized spacial score (nSPS) is 16.9. The number of halogens is 1. The Bertz CT molecular complexity index is 402. The van der Waals surface area contributed by atoms with Gasteiger partial charge in [0, 0.05) is 10.7 Å². The van der Waals surface area contributed by atoms with E-state index < -0.39 is 0 Å². The lowest BCUT2D eigenvalue weighted by Gasteiger charge is -2.32. The second-order valence-corrected chi connectivity index (χ2v) is 5.21. The molecule has 1 saturated heterocycles. The van der Waals surface area contributed by atoms with Crippen LogP contribution in [0, 0.1) is 0 Å². The van der Waals surface area contributed by atoms with Crippen molar-refractivity contribution in [1.29, 1.82) is 0 Å². The first-order valence-corrected chi connectivity index (χ1v) is 6.56. The molecule has 0 aromatic heterocycles. The number of likely N-dealkylation sites (N-methyl/N-ethyl adjacent to an activating group) is 1. The van der Waals surface area contributed by atoms with Crippen LogP contribution in [-0.4, -0.2) is 43.2 Å². The van der Waals surface area contributed by atoms with Gasteiger partial charge in [0.1, 0.15) is 0 Å². The van der Waals surface area contributed by atoms with Gasteiger partial charge < -0.3 is 15.1 Å². The van der Waals surface area contributed by atoms with Crippen molar-refractivity contribution in [3.05, 3.63) is 29.3 Å². The first-order valence-electron chi connectivity index (χ1n) is 5.78. The van der Waals surface area contributed by atoms with Gasteiger partial charge >= 0.3 is 0 Å². The number of thiocarbonyl (C=S) groups is 1. The Balaban J connectivity index is 1.93. The summed E-state index contributed by atoms with van der Waals surface area (Å²) >= 11 is 11.3. The number of quaternary nitrogens is 1. The van der Waals surface area contributed by atoms with Crippen molar-refractivity contribution < 1.29 is 4.90 Å². The molecule has 0 bridgehead atoms. The van der Waals surface area contributed by atoms with E-state index in [2.05, 4.69) is 17.3 Å². The fourth-order valence-corrected chi connectivity index (χ4v) is 2.35. The van der Waals surface area contributed by atoms with Gasteiger partial charge in [-0.05, 0) is 30.4 Å². The summed E-state index contributed by atoms with van der Waals surface area (Å²) in [6.45, 7) is 4.30. The van der Waals surface area contributed by atoms with Crippen molar-refractivity contribution in [3.63, 3.8) is 0 Å². The van der Waals surface area contributed by atoms with Crippen molar-refractivity contribution in [2.75, 3.05) is 38.5 Å². The van der Waals surface area contributed by atoms with Gasteiger partial charge in [-0.25, -0.2) is 0 Å². The summed E-state index contributed by atoms with van der Waals surface area (Å²) in [6.07, 6.45) is 0. The lowest BCUT2D eigenvalue weighted by atomic mass is 10.3. The zero-order chi connectivity index (χ0) is 12.3. The van der Waals surface area contributed by atoms with E-state index in [1.54, 1.807) is 4.90 Å². The minimum Gasteiger partial charge on any atom is -0.338 e. The highest BCUT2D eigenvalue weighted by Crippen LogP contribution is 2.15. The summed E-state index contributed by atoms with van der Waals surface area (Å²) in [4.78, 5) is 3.77. The van der Waals surface area contributed by atoms with Crippen LogP contribution in [0.5, 0.6) is 0 Å². The average molecular weight is 271 g/mol. The molecule has 1 heterocycles. The Kier molecular flexibility index (Phi) is 4.20. The van der Waals surface area contributed by atoms with Gasteiger partial charge in [-0.15, -0.1) is 0 Å². The first kappa shape index (κ1) is 12.6. The molecule has 2 N–H and O–H groups in total. The van der Waals surface area contributed by atoms with Crippen molar-refractivity contribution in [2.45, 2.75) is 0 Å². The molecule has 0 saturated carbocycles. The number of piperazine rings is 1. The summed E-state index contributed by atoms with van der Waals surface area (Å²) in [7, 11) is 2.21. The highest BCUT2D eigenvalue weighted by Gasteiger charge is 2.18. The molecule has 0 amide bonds. The van der Waals surface area contributed by atoms with Crippen molar-refractivity contribution in [2.24, 2.45) is 0 Å². The zero-order valence-electron chi connectivity index (χ0n) is 9.87. The van der Waals surface area contributed by atoms with Crippen LogP contribution in [-0.2, 0) is 0 Å². The maximum atomic E-state index is 5.93. The number of hydrogen-bond donors (Lipinski definition) is 2. The number of nitrogens with one attached hydrogen (secondary N) is 2. The molecule has 0 spiro atoms. The van der Waals surface area contributed by atoms with E-state index in [9.17, 15) is 0 Å². The first-order chi connectivity index (χ1) is 8.15. The molecule has 1 aromatic rings. The molecule has 0 unspecified atom stereocenters. The van der Waals surface area contributed by atoms with E-state index >= 15 is 0 Å². The van der Waals surface area contributed by atoms with Crippen LogP contribution in [0.25, 0.3) is 0 Å². The molecule has 2 rings (SSSR count). The maximum Gasteiger partial charge on any atom is 0.173 e. The number of nitrogens with zero attached hydrogens (tertiary/aromatic N) is 1. The lowest BCUT2D eigenvalue weighted by Crippen LogP contribution is -3.12. The van der Waals surface area contributed by atoms with E-state index in [-0.39, 0.29) is 0 Å². The smallest absolute Gasteiger partial charge is 0.173 e. The van der Waals surface area contributed by atoms with Crippen molar-refractivity contribution in [1.82, 2.24) is 4.90 Å². The molecule has 17 heavy (non-hydrogen) atoms. The molecular formula is C12H17ClN3S+. The summed E-state index contributed by atoms with van der Waals surface area (Å²) in [6, 6.07) is 7.63. The topological polar surface area (TPSA) is 19.7 Å². The third-order valence-corrected chi connectivity index (χ3v) is 3.58. The molecule has 3 nitrogen and oxygen atoms in total. The molecule has 1 fully saturated rings. The number of hydrogen-bond acceptors (Lipinski definition) is 1. The van der Waals surface area contributed by atoms with Crippen LogP contribution >= 0.6 is 23.8 Å². The molecular weight excluding hydrogens is 254 g/mol. The summed E-state index contributed by atoms with van der Waals surface area (Å²) in [5, 5.41) is 4.75. The molecule has 0 atom stereocenters. The Morgan fingerprint density at radius 1 is 1.41 bits per heavy atom. The van der Waals surface area contributed by atoms with Crippen LogP contribution in [0.1, 0.15) is 0 Å². The van der Waals surface area contributed by atoms with E-state index in [1.807, 2.05) is 24.3 Å². The van der Waals surface area contributed by atoms with Crippen molar-refractivity contribution >= 4 is 34.6 Å². The van der Waals surface area contributed by atoms with E-state index in [0.29, 0.717) is 0 Å². The fourth-order valence-electron chi connectivity index (χ4n) is 1.86. The third-order valence-electron chi connectivity index (χ3n) is 2.98. The van der Waals surface area contributed by atoms with E-state index in [1.165, 1.54) is 0 Å². The second-order valence-electron chi connectivity index (χ2n) is 4.38. The Morgan fingerprint density at radius 2 is 2.12 bits per heavy atom. The molecule has 1 aromatic carbocycles. The minimum atomic E-state index is 0.723. The van der Waals surface area contributed by atoms with Gasteiger partial charge in [0.25, 0.3) is 0 Å². The summed E-state index contributed by atoms with van der Waals surface area (Å²) in [5.74, 6) is 0. The molecule has 1 aliphatic heterocycles. The predicted molar refractivity (Wildman–Crippen MR) is 75.9 cm³/mol.